The lowest BCUT2D eigenvalue weighted by molar-refractivity contribution is -0.137. The molecule has 0 spiro atoms. The van der Waals surface area contributed by atoms with Crippen LogP contribution in [-0.4, -0.2) is 33.9 Å². The maximum atomic E-state index is 12.3. The van der Waals surface area contributed by atoms with Gasteiger partial charge in [0, 0.05) is 37.1 Å². The Morgan fingerprint density at radius 3 is 2.52 bits per heavy atom. The molecule has 1 aliphatic rings. The molecule has 0 bridgehead atoms. The summed E-state index contributed by atoms with van der Waals surface area (Å²) in [6.45, 7) is 2.06. The van der Waals surface area contributed by atoms with Gasteiger partial charge in [0.1, 0.15) is 11.6 Å². The fraction of sp³-hybridized carbons (Fsp3) is 0.850. The highest BCUT2D eigenvalue weighted by Gasteiger charge is 2.40. The van der Waals surface area contributed by atoms with E-state index >= 15 is 0 Å². The van der Waals surface area contributed by atoms with Crippen LogP contribution >= 0.6 is 0 Å². The molecule has 5 heteroatoms. The summed E-state index contributed by atoms with van der Waals surface area (Å²) in [7, 11) is 0. The molecule has 1 fully saturated rings. The SMILES string of the molecule is [2H]C([2H])(CCC[C@H]1C(=O)C[C@@H](O)[C@@H]1CCC(=O)CCCCC)C([2H])([2H])CC(=O)O. The van der Waals surface area contributed by atoms with Crippen molar-refractivity contribution in [1.82, 2.24) is 0 Å². The van der Waals surface area contributed by atoms with E-state index < -0.39 is 37.2 Å². The topological polar surface area (TPSA) is 91.7 Å². The van der Waals surface area contributed by atoms with Crippen LogP contribution in [0.4, 0.5) is 0 Å². The number of aliphatic carboxylic acids is 1. The second-order valence-corrected chi connectivity index (χ2v) is 6.86. The van der Waals surface area contributed by atoms with Crippen molar-refractivity contribution in [3.63, 3.8) is 0 Å². The molecule has 0 aromatic carbocycles. The molecule has 1 rings (SSSR count). The highest BCUT2D eigenvalue weighted by molar-refractivity contribution is 5.84. The zero-order valence-corrected chi connectivity index (χ0v) is 15.1. The number of aliphatic hydroxyl groups excluding tert-OH is 1. The van der Waals surface area contributed by atoms with Crippen LogP contribution in [0.1, 0.15) is 95.8 Å². The predicted molar refractivity (Wildman–Crippen MR) is 96.3 cm³/mol. The first-order chi connectivity index (χ1) is 13.4. The van der Waals surface area contributed by atoms with Crippen LogP contribution in [0.15, 0.2) is 0 Å². The summed E-state index contributed by atoms with van der Waals surface area (Å²) in [5.74, 6) is -2.18. The fourth-order valence-corrected chi connectivity index (χ4v) is 3.45. The molecule has 144 valence electrons. The number of rotatable bonds is 14. The molecule has 0 aromatic rings. The quantitative estimate of drug-likeness (QED) is 0.459. The van der Waals surface area contributed by atoms with Gasteiger partial charge in [-0.15, -0.1) is 0 Å². The number of carboxylic acids is 1. The number of hydrogen-bond acceptors (Lipinski definition) is 4. The van der Waals surface area contributed by atoms with Crippen LogP contribution in [0.2, 0.25) is 0 Å². The molecule has 0 saturated heterocycles. The first kappa shape index (κ1) is 16.0. The monoisotopic (exact) mass is 358 g/mol. The number of carboxylic acid groups (broad SMARTS) is 1. The maximum absolute atomic E-state index is 12.3. The van der Waals surface area contributed by atoms with Gasteiger partial charge >= 0.3 is 5.97 Å². The van der Waals surface area contributed by atoms with E-state index in [9.17, 15) is 19.5 Å². The molecule has 0 radical (unpaired) electrons. The van der Waals surface area contributed by atoms with Gasteiger partial charge in [0.15, 0.2) is 0 Å². The fourth-order valence-electron chi connectivity index (χ4n) is 3.45. The van der Waals surface area contributed by atoms with Crippen molar-refractivity contribution in [3.05, 3.63) is 0 Å². The highest BCUT2D eigenvalue weighted by atomic mass is 16.4. The third-order valence-corrected chi connectivity index (χ3v) is 4.83. The molecule has 5 nitrogen and oxygen atoms in total. The van der Waals surface area contributed by atoms with Crippen LogP contribution in [0, 0.1) is 11.8 Å². The molecular formula is C20H34O5. The van der Waals surface area contributed by atoms with Crippen molar-refractivity contribution in [2.45, 2.75) is 96.4 Å². The Hall–Kier alpha value is -1.23. The zero-order valence-electron chi connectivity index (χ0n) is 19.1. The van der Waals surface area contributed by atoms with Crippen LogP contribution in [0.3, 0.4) is 0 Å². The van der Waals surface area contributed by atoms with Crippen molar-refractivity contribution >= 4 is 17.5 Å². The van der Waals surface area contributed by atoms with Gasteiger partial charge in [-0.3, -0.25) is 14.4 Å². The molecule has 0 unspecified atom stereocenters. The van der Waals surface area contributed by atoms with E-state index in [0.29, 0.717) is 25.7 Å². The second-order valence-electron chi connectivity index (χ2n) is 6.86. The molecule has 0 amide bonds. The number of carbonyl (C=O) groups is 3. The average molecular weight is 359 g/mol. The summed E-state index contributed by atoms with van der Waals surface area (Å²) >= 11 is 0. The van der Waals surface area contributed by atoms with E-state index in [4.69, 9.17) is 10.6 Å². The molecule has 0 heterocycles. The summed E-state index contributed by atoms with van der Waals surface area (Å²) < 4.78 is 31.2. The Morgan fingerprint density at radius 2 is 1.84 bits per heavy atom. The van der Waals surface area contributed by atoms with Gasteiger partial charge in [0.05, 0.1) is 6.10 Å². The Balaban J connectivity index is 2.58. The smallest absolute Gasteiger partial charge is 0.303 e. The number of carbonyl (C=O) groups excluding carboxylic acids is 2. The molecule has 25 heavy (non-hydrogen) atoms. The van der Waals surface area contributed by atoms with Crippen molar-refractivity contribution in [2.75, 3.05) is 0 Å². The minimum absolute atomic E-state index is 0.0338. The van der Waals surface area contributed by atoms with Crippen molar-refractivity contribution in [1.29, 1.82) is 0 Å². The van der Waals surface area contributed by atoms with E-state index in [1.165, 1.54) is 0 Å². The van der Waals surface area contributed by atoms with Crippen molar-refractivity contribution < 1.29 is 30.1 Å². The number of hydrogen-bond donors (Lipinski definition) is 2. The lowest BCUT2D eigenvalue weighted by Crippen LogP contribution is -2.21. The minimum Gasteiger partial charge on any atom is -0.481 e. The highest BCUT2D eigenvalue weighted by Crippen LogP contribution is 2.36. The normalized spacial score (nSPS) is 26.6. The van der Waals surface area contributed by atoms with Gasteiger partial charge < -0.3 is 10.2 Å². The second kappa shape index (κ2) is 12.2. The van der Waals surface area contributed by atoms with E-state index in [0.717, 1.165) is 19.3 Å². The van der Waals surface area contributed by atoms with Gasteiger partial charge in [-0.1, -0.05) is 39.0 Å². The van der Waals surface area contributed by atoms with Crippen molar-refractivity contribution in [3.8, 4) is 0 Å². The van der Waals surface area contributed by atoms with Gasteiger partial charge in [-0.2, -0.15) is 0 Å². The first-order valence-corrected chi connectivity index (χ1v) is 9.35. The third kappa shape index (κ3) is 8.61. The molecule has 1 saturated carbocycles. The van der Waals surface area contributed by atoms with E-state index in [2.05, 4.69) is 6.92 Å². The summed E-state index contributed by atoms with van der Waals surface area (Å²) in [5.41, 5.74) is 0. The number of ketones is 2. The molecule has 1 aliphatic carbocycles. The first-order valence-electron chi connectivity index (χ1n) is 11.4. The average Bonchev–Trinajstić information content (AvgIpc) is 2.85. The van der Waals surface area contributed by atoms with E-state index in [-0.39, 0.29) is 36.7 Å². The number of unbranched alkanes of at least 4 members (excludes halogenated alkanes) is 2. The molecule has 0 aromatic heterocycles. The maximum Gasteiger partial charge on any atom is 0.303 e. The van der Waals surface area contributed by atoms with Crippen LogP contribution in [0.5, 0.6) is 0 Å². The standard InChI is InChI=1S/C20H34O5/c1-2-3-6-9-15(21)12-13-17-16(18(22)14-19(17)23)10-7-4-5-8-11-20(24)25/h16-17,19,23H,2-14H2,1H3,(H,24,25)/t16-,17-,19-/m1/s1/i5D2,8D2. The largest absolute Gasteiger partial charge is 0.481 e. The molecule has 0 aliphatic heterocycles. The lowest BCUT2D eigenvalue weighted by atomic mass is 9.85. The van der Waals surface area contributed by atoms with Crippen LogP contribution < -0.4 is 0 Å². The summed E-state index contributed by atoms with van der Waals surface area (Å²) in [4.78, 5) is 35.0. The minimum atomic E-state index is -2.51. The summed E-state index contributed by atoms with van der Waals surface area (Å²) in [6.07, 6.45) is -2.13. The van der Waals surface area contributed by atoms with Crippen molar-refractivity contribution in [2.24, 2.45) is 11.8 Å². The van der Waals surface area contributed by atoms with E-state index in [1.807, 2.05) is 0 Å². The number of Topliss-reactive ketones (excluding diaryl/α,β-unsaturated/α-hetero) is 2. The Labute approximate surface area is 156 Å². The Kier molecular flexibility index (Phi) is 7.78. The lowest BCUT2D eigenvalue weighted by Gasteiger charge is -2.20. The van der Waals surface area contributed by atoms with Gasteiger partial charge in [-0.05, 0) is 31.6 Å². The third-order valence-electron chi connectivity index (χ3n) is 4.83. The van der Waals surface area contributed by atoms with Gasteiger partial charge in [-0.25, -0.2) is 0 Å². The summed E-state index contributed by atoms with van der Waals surface area (Å²) in [6, 6.07) is 0. The van der Waals surface area contributed by atoms with Gasteiger partial charge in [0.25, 0.3) is 0 Å². The van der Waals surface area contributed by atoms with Gasteiger partial charge in [0.2, 0.25) is 0 Å². The van der Waals surface area contributed by atoms with Crippen LogP contribution in [-0.2, 0) is 14.4 Å². The molecular weight excluding hydrogens is 320 g/mol. The predicted octanol–water partition coefficient (Wildman–Crippen LogP) is 3.91. The molecule has 3 atom stereocenters. The zero-order chi connectivity index (χ0) is 22.2. The molecule has 2 N–H and O–H groups in total. The Morgan fingerprint density at radius 1 is 1.08 bits per heavy atom. The number of aliphatic hydroxyl groups is 1. The van der Waals surface area contributed by atoms with E-state index in [1.54, 1.807) is 0 Å². The Bertz CT molecular complexity index is 579. The summed E-state index contributed by atoms with van der Waals surface area (Å²) in [5, 5.41) is 19.0. The van der Waals surface area contributed by atoms with Crippen LogP contribution in [0.25, 0.3) is 0 Å².